The topological polar surface area (TPSA) is 41.3 Å². The van der Waals surface area contributed by atoms with Crippen LogP contribution in [-0.4, -0.2) is 29.2 Å². The SMILES string of the molecule is Cc1cc(CN2CC(C)NCC2c2ccccc2)no1. The molecule has 20 heavy (non-hydrogen) atoms. The Bertz CT molecular complexity index is 552. The van der Waals surface area contributed by atoms with Crippen molar-refractivity contribution in [3.8, 4) is 0 Å². The molecule has 1 fully saturated rings. The van der Waals surface area contributed by atoms with Gasteiger partial charge in [-0.1, -0.05) is 35.5 Å². The highest BCUT2D eigenvalue weighted by Crippen LogP contribution is 2.25. The Morgan fingerprint density at radius 1 is 1.35 bits per heavy atom. The molecule has 2 unspecified atom stereocenters. The van der Waals surface area contributed by atoms with Crippen LogP contribution in [0.15, 0.2) is 40.9 Å². The number of aryl methyl sites for hydroxylation is 1. The van der Waals surface area contributed by atoms with Crippen LogP contribution in [0.1, 0.15) is 30.0 Å². The Balaban J connectivity index is 1.80. The molecule has 2 atom stereocenters. The molecule has 0 amide bonds. The van der Waals surface area contributed by atoms with Crippen molar-refractivity contribution >= 4 is 0 Å². The van der Waals surface area contributed by atoms with Crippen molar-refractivity contribution in [3.05, 3.63) is 53.4 Å². The van der Waals surface area contributed by atoms with Gasteiger partial charge in [0, 0.05) is 37.8 Å². The van der Waals surface area contributed by atoms with Gasteiger partial charge in [0.15, 0.2) is 0 Å². The number of hydrogen-bond donors (Lipinski definition) is 1. The van der Waals surface area contributed by atoms with Crippen LogP contribution in [0.5, 0.6) is 0 Å². The first-order chi connectivity index (χ1) is 9.72. The van der Waals surface area contributed by atoms with Crippen molar-refractivity contribution in [2.45, 2.75) is 32.5 Å². The molecule has 1 aliphatic rings. The van der Waals surface area contributed by atoms with Gasteiger partial charge in [0.2, 0.25) is 0 Å². The molecule has 106 valence electrons. The number of nitrogens with zero attached hydrogens (tertiary/aromatic N) is 2. The largest absolute Gasteiger partial charge is 0.361 e. The maximum atomic E-state index is 5.18. The molecule has 4 heteroatoms. The second-order valence-electron chi connectivity index (χ2n) is 5.59. The fraction of sp³-hybridized carbons (Fsp3) is 0.438. The van der Waals surface area contributed by atoms with Crippen molar-refractivity contribution in [2.24, 2.45) is 0 Å². The van der Waals surface area contributed by atoms with E-state index in [1.54, 1.807) is 0 Å². The Morgan fingerprint density at radius 2 is 2.15 bits per heavy atom. The van der Waals surface area contributed by atoms with Crippen molar-refractivity contribution in [1.29, 1.82) is 0 Å². The fourth-order valence-electron chi connectivity index (χ4n) is 2.86. The lowest BCUT2D eigenvalue weighted by Crippen LogP contribution is -2.50. The van der Waals surface area contributed by atoms with Gasteiger partial charge in [-0.25, -0.2) is 0 Å². The van der Waals surface area contributed by atoms with E-state index in [4.69, 9.17) is 4.52 Å². The fourth-order valence-corrected chi connectivity index (χ4v) is 2.86. The standard InChI is InChI=1S/C16H21N3O/c1-12-10-19(11-15-8-13(2)20-18-15)16(9-17-12)14-6-4-3-5-7-14/h3-8,12,16-17H,9-11H2,1-2H3. The highest BCUT2D eigenvalue weighted by molar-refractivity contribution is 5.20. The van der Waals surface area contributed by atoms with E-state index in [0.29, 0.717) is 12.1 Å². The van der Waals surface area contributed by atoms with Crippen LogP contribution in [0.3, 0.4) is 0 Å². The van der Waals surface area contributed by atoms with E-state index in [1.165, 1.54) is 5.56 Å². The predicted octanol–water partition coefficient (Wildman–Crippen LogP) is 2.52. The molecular formula is C16H21N3O. The molecule has 1 N–H and O–H groups in total. The zero-order valence-electron chi connectivity index (χ0n) is 12.0. The summed E-state index contributed by atoms with van der Waals surface area (Å²) in [4.78, 5) is 2.48. The molecule has 0 saturated carbocycles. The van der Waals surface area contributed by atoms with Crippen LogP contribution in [0.2, 0.25) is 0 Å². The van der Waals surface area contributed by atoms with Crippen LogP contribution in [0.25, 0.3) is 0 Å². The van der Waals surface area contributed by atoms with Gasteiger partial charge in [-0.3, -0.25) is 4.90 Å². The zero-order valence-corrected chi connectivity index (χ0v) is 12.0. The summed E-state index contributed by atoms with van der Waals surface area (Å²) in [6.07, 6.45) is 0. The highest BCUT2D eigenvalue weighted by Gasteiger charge is 2.27. The van der Waals surface area contributed by atoms with Crippen molar-refractivity contribution in [2.75, 3.05) is 13.1 Å². The first-order valence-corrected chi connectivity index (χ1v) is 7.17. The Kier molecular flexibility index (Phi) is 3.85. The van der Waals surface area contributed by atoms with Crippen LogP contribution >= 0.6 is 0 Å². The molecule has 4 nitrogen and oxygen atoms in total. The summed E-state index contributed by atoms with van der Waals surface area (Å²) < 4.78 is 5.18. The Hall–Kier alpha value is -1.65. The van der Waals surface area contributed by atoms with Crippen molar-refractivity contribution in [1.82, 2.24) is 15.4 Å². The average Bonchev–Trinajstić information content (AvgIpc) is 2.85. The molecular weight excluding hydrogens is 250 g/mol. The summed E-state index contributed by atoms with van der Waals surface area (Å²) in [7, 11) is 0. The minimum Gasteiger partial charge on any atom is -0.361 e. The molecule has 1 aliphatic heterocycles. The lowest BCUT2D eigenvalue weighted by molar-refractivity contribution is 0.124. The number of aromatic nitrogens is 1. The summed E-state index contributed by atoms with van der Waals surface area (Å²) in [6, 6.07) is 13.6. The third-order valence-corrected chi connectivity index (χ3v) is 3.84. The lowest BCUT2D eigenvalue weighted by atomic mass is 10.0. The maximum Gasteiger partial charge on any atom is 0.133 e. The molecule has 2 aromatic rings. The van der Waals surface area contributed by atoms with Gasteiger partial charge in [0.25, 0.3) is 0 Å². The number of piperazine rings is 1. The summed E-state index contributed by atoms with van der Waals surface area (Å²) in [5, 5.41) is 7.69. The van der Waals surface area contributed by atoms with Crippen molar-refractivity contribution in [3.63, 3.8) is 0 Å². The third kappa shape index (κ3) is 2.92. The average molecular weight is 271 g/mol. The Labute approximate surface area is 119 Å². The van der Waals surface area contributed by atoms with Gasteiger partial charge < -0.3 is 9.84 Å². The second kappa shape index (κ2) is 5.77. The quantitative estimate of drug-likeness (QED) is 0.931. The minimum atomic E-state index is 0.393. The van der Waals surface area contributed by atoms with Gasteiger partial charge in [-0.2, -0.15) is 0 Å². The lowest BCUT2D eigenvalue weighted by Gasteiger charge is -2.39. The van der Waals surface area contributed by atoms with E-state index in [1.807, 2.05) is 13.0 Å². The third-order valence-electron chi connectivity index (χ3n) is 3.84. The normalized spacial score (nSPS) is 23.9. The van der Waals surface area contributed by atoms with E-state index in [-0.39, 0.29) is 0 Å². The minimum absolute atomic E-state index is 0.393. The first-order valence-electron chi connectivity index (χ1n) is 7.17. The molecule has 1 aromatic heterocycles. The summed E-state index contributed by atoms with van der Waals surface area (Å²) in [5.41, 5.74) is 2.37. The van der Waals surface area contributed by atoms with Crippen LogP contribution in [0.4, 0.5) is 0 Å². The van der Waals surface area contributed by atoms with Crippen molar-refractivity contribution < 1.29 is 4.52 Å². The molecule has 3 rings (SSSR count). The van der Waals surface area contributed by atoms with Gasteiger partial charge in [0.1, 0.15) is 5.76 Å². The number of nitrogens with one attached hydrogen (secondary N) is 1. The second-order valence-corrected chi connectivity index (χ2v) is 5.59. The summed E-state index contributed by atoms with van der Waals surface area (Å²) >= 11 is 0. The van der Waals surface area contributed by atoms with E-state index in [9.17, 15) is 0 Å². The Morgan fingerprint density at radius 3 is 2.85 bits per heavy atom. The smallest absolute Gasteiger partial charge is 0.133 e. The summed E-state index contributed by atoms with van der Waals surface area (Å²) in [5.74, 6) is 0.874. The van der Waals surface area contributed by atoms with E-state index < -0.39 is 0 Å². The zero-order chi connectivity index (χ0) is 13.9. The van der Waals surface area contributed by atoms with Crippen LogP contribution in [-0.2, 0) is 6.54 Å². The molecule has 2 heterocycles. The summed E-state index contributed by atoms with van der Waals surface area (Å²) in [6.45, 7) is 6.99. The predicted molar refractivity (Wildman–Crippen MR) is 78.3 cm³/mol. The van der Waals surface area contributed by atoms with Gasteiger partial charge in [-0.15, -0.1) is 0 Å². The molecule has 1 saturated heterocycles. The molecule has 0 bridgehead atoms. The number of rotatable bonds is 3. The van der Waals surface area contributed by atoms with E-state index >= 15 is 0 Å². The first kappa shape index (κ1) is 13.3. The van der Waals surface area contributed by atoms with Crippen LogP contribution < -0.4 is 5.32 Å². The number of hydrogen-bond acceptors (Lipinski definition) is 4. The highest BCUT2D eigenvalue weighted by atomic mass is 16.5. The maximum absolute atomic E-state index is 5.18. The monoisotopic (exact) mass is 271 g/mol. The molecule has 0 radical (unpaired) electrons. The van der Waals surface area contributed by atoms with Gasteiger partial charge in [-0.05, 0) is 19.4 Å². The van der Waals surface area contributed by atoms with Gasteiger partial charge in [0.05, 0.1) is 5.69 Å². The van der Waals surface area contributed by atoms with Crippen LogP contribution in [0, 0.1) is 6.92 Å². The number of benzene rings is 1. The molecule has 0 spiro atoms. The molecule has 0 aliphatic carbocycles. The van der Waals surface area contributed by atoms with Gasteiger partial charge >= 0.3 is 0 Å². The molecule has 1 aromatic carbocycles. The van der Waals surface area contributed by atoms with E-state index in [2.05, 4.69) is 52.6 Å². The van der Waals surface area contributed by atoms with E-state index in [0.717, 1.165) is 31.1 Å².